The van der Waals surface area contributed by atoms with Gasteiger partial charge in [-0.15, -0.1) is 0 Å². The first-order chi connectivity index (χ1) is 11.1. The quantitative estimate of drug-likeness (QED) is 0.685. The van der Waals surface area contributed by atoms with Crippen LogP contribution in [-0.4, -0.2) is 28.4 Å². The first-order valence-electron chi connectivity index (χ1n) is 6.94. The van der Waals surface area contributed by atoms with E-state index >= 15 is 0 Å². The summed E-state index contributed by atoms with van der Waals surface area (Å²) in [5, 5.41) is 0. The zero-order chi connectivity index (χ0) is 16.8. The van der Waals surface area contributed by atoms with E-state index in [1.54, 1.807) is 28.4 Å². The smallest absolute Gasteiger partial charge is 0.137 e. The van der Waals surface area contributed by atoms with Crippen molar-refractivity contribution in [1.82, 2.24) is 0 Å². The molecule has 4 nitrogen and oxygen atoms in total. The molecular formula is C18H19BrO4. The van der Waals surface area contributed by atoms with Crippen LogP contribution in [0.4, 0.5) is 0 Å². The molecule has 2 rings (SSSR count). The fraction of sp³-hybridized carbons (Fsp3) is 0.222. The van der Waals surface area contributed by atoms with Crippen molar-refractivity contribution >= 4 is 28.1 Å². The lowest BCUT2D eigenvalue weighted by molar-refractivity contribution is 0.389. The maximum Gasteiger partial charge on any atom is 0.137 e. The Morgan fingerprint density at radius 3 is 1.48 bits per heavy atom. The standard InChI is InChI=1S/C18H19BrO4/c1-20-14-7-12(8-15(11-14)21-2)5-6-13-9-16(22-3)18(19)17(10-13)23-4/h5-11H,1-4H3/b6-5+. The first-order valence-corrected chi connectivity index (χ1v) is 7.73. The van der Waals surface area contributed by atoms with Gasteiger partial charge in [0, 0.05) is 6.07 Å². The SMILES string of the molecule is COc1cc(/C=C/c2cc(OC)c(Br)c(OC)c2)cc(OC)c1. The van der Waals surface area contributed by atoms with E-state index in [1.165, 1.54) is 0 Å². The summed E-state index contributed by atoms with van der Waals surface area (Å²) >= 11 is 3.46. The van der Waals surface area contributed by atoms with Gasteiger partial charge >= 0.3 is 0 Å². The lowest BCUT2D eigenvalue weighted by Crippen LogP contribution is -1.91. The predicted molar refractivity (Wildman–Crippen MR) is 95.7 cm³/mol. The normalized spacial score (nSPS) is 10.7. The summed E-state index contributed by atoms with van der Waals surface area (Å²) in [6, 6.07) is 9.57. The zero-order valence-electron chi connectivity index (χ0n) is 13.6. The maximum atomic E-state index is 5.35. The van der Waals surface area contributed by atoms with Crippen LogP contribution in [0.1, 0.15) is 11.1 Å². The fourth-order valence-electron chi connectivity index (χ4n) is 2.10. The third kappa shape index (κ3) is 4.20. The molecule has 122 valence electrons. The molecule has 0 N–H and O–H groups in total. The second kappa shape index (κ2) is 7.92. The zero-order valence-corrected chi connectivity index (χ0v) is 15.1. The van der Waals surface area contributed by atoms with Crippen LogP contribution in [0.5, 0.6) is 23.0 Å². The second-order valence-corrected chi connectivity index (χ2v) is 5.51. The molecule has 0 bridgehead atoms. The molecule has 0 fully saturated rings. The Labute approximate surface area is 144 Å². The highest BCUT2D eigenvalue weighted by Crippen LogP contribution is 2.36. The molecule has 2 aromatic carbocycles. The highest BCUT2D eigenvalue weighted by atomic mass is 79.9. The molecule has 23 heavy (non-hydrogen) atoms. The molecule has 0 amide bonds. The van der Waals surface area contributed by atoms with Gasteiger partial charge < -0.3 is 18.9 Å². The number of hydrogen-bond acceptors (Lipinski definition) is 4. The number of hydrogen-bond donors (Lipinski definition) is 0. The predicted octanol–water partition coefficient (Wildman–Crippen LogP) is 4.65. The van der Waals surface area contributed by atoms with Gasteiger partial charge in [-0.05, 0) is 51.3 Å². The molecule has 0 aliphatic carbocycles. The molecule has 0 aliphatic rings. The van der Waals surface area contributed by atoms with Crippen LogP contribution in [0.15, 0.2) is 34.8 Å². The van der Waals surface area contributed by atoms with Crippen molar-refractivity contribution in [2.24, 2.45) is 0 Å². The molecule has 0 radical (unpaired) electrons. The summed E-state index contributed by atoms with van der Waals surface area (Å²) in [5.74, 6) is 2.92. The van der Waals surface area contributed by atoms with Crippen LogP contribution in [0.3, 0.4) is 0 Å². The minimum absolute atomic E-state index is 0.715. The lowest BCUT2D eigenvalue weighted by Gasteiger charge is -2.10. The highest BCUT2D eigenvalue weighted by Gasteiger charge is 2.08. The van der Waals surface area contributed by atoms with Gasteiger partial charge in [0.1, 0.15) is 27.5 Å². The van der Waals surface area contributed by atoms with E-state index in [0.29, 0.717) is 11.5 Å². The van der Waals surface area contributed by atoms with Crippen LogP contribution in [-0.2, 0) is 0 Å². The third-order valence-electron chi connectivity index (χ3n) is 3.31. The Morgan fingerprint density at radius 2 is 1.09 bits per heavy atom. The third-order valence-corrected chi connectivity index (χ3v) is 4.09. The van der Waals surface area contributed by atoms with Gasteiger partial charge in [0.15, 0.2) is 0 Å². The summed E-state index contributed by atoms with van der Waals surface area (Å²) in [5.41, 5.74) is 1.94. The van der Waals surface area contributed by atoms with E-state index in [0.717, 1.165) is 27.1 Å². The first kappa shape index (κ1) is 17.2. The number of benzene rings is 2. The Bertz CT molecular complexity index is 663. The highest BCUT2D eigenvalue weighted by molar-refractivity contribution is 9.10. The average Bonchev–Trinajstić information content (AvgIpc) is 2.60. The van der Waals surface area contributed by atoms with Gasteiger partial charge in [0.25, 0.3) is 0 Å². The number of rotatable bonds is 6. The van der Waals surface area contributed by atoms with Gasteiger partial charge in [-0.2, -0.15) is 0 Å². The molecule has 5 heteroatoms. The van der Waals surface area contributed by atoms with Crippen LogP contribution >= 0.6 is 15.9 Å². The van der Waals surface area contributed by atoms with Crippen molar-refractivity contribution in [3.8, 4) is 23.0 Å². The summed E-state index contributed by atoms with van der Waals surface area (Å²) in [4.78, 5) is 0. The van der Waals surface area contributed by atoms with Crippen molar-refractivity contribution in [3.63, 3.8) is 0 Å². The van der Waals surface area contributed by atoms with Crippen LogP contribution in [0, 0.1) is 0 Å². The molecule has 0 saturated heterocycles. The summed E-state index contributed by atoms with van der Waals surface area (Å²) < 4.78 is 22.1. The van der Waals surface area contributed by atoms with Crippen LogP contribution in [0.25, 0.3) is 12.2 Å². The fourth-order valence-corrected chi connectivity index (χ4v) is 2.66. The van der Waals surface area contributed by atoms with Crippen LogP contribution in [0.2, 0.25) is 0 Å². The molecule has 0 spiro atoms. The van der Waals surface area contributed by atoms with Gasteiger partial charge in [-0.3, -0.25) is 0 Å². The second-order valence-electron chi connectivity index (χ2n) is 4.72. The molecular weight excluding hydrogens is 360 g/mol. The Kier molecular flexibility index (Phi) is 5.93. The Morgan fingerprint density at radius 1 is 0.652 bits per heavy atom. The van der Waals surface area contributed by atoms with E-state index in [1.807, 2.05) is 42.5 Å². The number of halogens is 1. The van der Waals surface area contributed by atoms with Gasteiger partial charge in [-0.1, -0.05) is 12.2 Å². The molecule has 0 aliphatic heterocycles. The van der Waals surface area contributed by atoms with Crippen molar-refractivity contribution in [3.05, 3.63) is 45.9 Å². The van der Waals surface area contributed by atoms with Crippen molar-refractivity contribution in [2.45, 2.75) is 0 Å². The average molecular weight is 379 g/mol. The minimum atomic E-state index is 0.715. The topological polar surface area (TPSA) is 36.9 Å². The monoisotopic (exact) mass is 378 g/mol. The molecule has 0 unspecified atom stereocenters. The Balaban J connectivity index is 2.36. The van der Waals surface area contributed by atoms with Crippen molar-refractivity contribution in [1.29, 1.82) is 0 Å². The lowest BCUT2D eigenvalue weighted by atomic mass is 10.1. The number of methoxy groups -OCH3 is 4. The molecule has 0 atom stereocenters. The number of ether oxygens (including phenoxy) is 4. The molecule has 0 saturated carbocycles. The largest absolute Gasteiger partial charge is 0.497 e. The molecule has 0 heterocycles. The van der Waals surface area contributed by atoms with Gasteiger partial charge in [-0.25, -0.2) is 0 Å². The maximum absolute atomic E-state index is 5.35. The van der Waals surface area contributed by atoms with E-state index in [-0.39, 0.29) is 0 Å². The molecule has 0 aromatic heterocycles. The van der Waals surface area contributed by atoms with E-state index < -0.39 is 0 Å². The summed E-state index contributed by atoms with van der Waals surface area (Å²) in [6.45, 7) is 0. The van der Waals surface area contributed by atoms with E-state index in [4.69, 9.17) is 18.9 Å². The van der Waals surface area contributed by atoms with E-state index in [2.05, 4.69) is 15.9 Å². The Hall–Kier alpha value is -2.14. The van der Waals surface area contributed by atoms with Crippen molar-refractivity contribution < 1.29 is 18.9 Å². The van der Waals surface area contributed by atoms with Gasteiger partial charge in [0.2, 0.25) is 0 Å². The molecule has 2 aromatic rings. The summed E-state index contributed by atoms with van der Waals surface area (Å²) in [7, 11) is 6.51. The van der Waals surface area contributed by atoms with Crippen molar-refractivity contribution in [2.75, 3.05) is 28.4 Å². The minimum Gasteiger partial charge on any atom is -0.497 e. The van der Waals surface area contributed by atoms with E-state index in [9.17, 15) is 0 Å². The van der Waals surface area contributed by atoms with Crippen LogP contribution < -0.4 is 18.9 Å². The van der Waals surface area contributed by atoms with Gasteiger partial charge in [0.05, 0.1) is 28.4 Å². The summed E-state index contributed by atoms with van der Waals surface area (Å²) in [6.07, 6.45) is 3.96.